The normalized spacial score (nSPS) is 12.0. The number of benzene rings is 1. The molecule has 3 N–H and O–H groups in total. The van der Waals surface area contributed by atoms with Crippen molar-refractivity contribution < 1.29 is 0 Å². The number of aromatic amines is 1. The van der Waals surface area contributed by atoms with Crippen LogP contribution >= 0.6 is 11.6 Å². The second kappa shape index (κ2) is 9.24. The summed E-state index contributed by atoms with van der Waals surface area (Å²) in [6, 6.07) is 11.3. The molecular weight excluding hydrogens is 426 g/mol. The van der Waals surface area contributed by atoms with Crippen molar-refractivity contribution in [3.05, 3.63) is 63.6 Å². The number of aryl methyl sites for hydroxylation is 3. The molecule has 9 nitrogen and oxygen atoms in total. The Morgan fingerprint density at radius 1 is 1.22 bits per heavy atom. The molecule has 0 radical (unpaired) electrons. The zero-order chi connectivity index (χ0) is 22.7. The van der Waals surface area contributed by atoms with Gasteiger partial charge in [0.15, 0.2) is 0 Å². The van der Waals surface area contributed by atoms with E-state index in [1.54, 1.807) is 10.6 Å². The molecular formula is C22H24ClN9. The number of aromatic nitrogens is 6. The molecule has 4 aromatic rings. The lowest BCUT2D eigenvalue weighted by Gasteiger charge is -2.15. The van der Waals surface area contributed by atoms with Crippen LogP contribution in [0.3, 0.4) is 0 Å². The number of nitrogens with zero attached hydrogens (tertiary/aromatic N) is 6. The molecule has 0 aliphatic heterocycles. The molecule has 0 aliphatic carbocycles. The van der Waals surface area contributed by atoms with E-state index in [2.05, 4.69) is 42.0 Å². The van der Waals surface area contributed by atoms with Crippen LogP contribution < -0.4 is 10.6 Å². The molecule has 0 saturated heterocycles. The van der Waals surface area contributed by atoms with Gasteiger partial charge in [-0.2, -0.15) is 19.9 Å². The van der Waals surface area contributed by atoms with Gasteiger partial charge in [-0.25, -0.2) is 4.98 Å². The molecule has 1 atom stereocenters. The minimum Gasteiger partial charge on any atom is -0.370 e. The number of fused-ring (bicyclic) bond motifs is 1. The lowest BCUT2D eigenvalue weighted by Crippen LogP contribution is -2.12. The second-order valence-electron chi connectivity index (χ2n) is 7.63. The van der Waals surface area contributed by atoms with Crippen LogP contribution in [-0.2, 0) is 6.42 Å². The third-order valence-corrected chi connectivity index (χ3v) is 5.49. The number of hydrogen-bond donors (Lipinski definition) is 3. The van der Waals surface area contributed by atoms with Crippen LogP contribution in [0.2, 0.25) is 5.02 Å². The standard InChI is InChI=1S/C22H24ClN9/c1-13-11-20(25-10-8-18-14(2)29-30-15(18)3)32-22(26-13)28-21(31-32)27-19(7-9-24)16-5-4-6-17(23)12-16/h4-6,11-12,19,25H,7-8,10H2,1-3H3,(H,27,31)(H,29,30)/t19-/m1/s1. The molecule has 0 aliphatic rings. The van der Waals surface area contributed by atoms with Gasteiger partial charge in [-0.05, 0) is 50.5 Å². The van der Waals surface area contributed by atoms with Crippen molar-refractivity contribution in [1.82, 2.24) is 29.8 Å². The first-order valence-electron chi connectivity index (χ1n) is 10.3. The Morgan fingerprint density at radius 2 is 2.06 bits per heavy atom. The van der Waals surface area contributed by atoms with E-state index in [1.807, 2.05) is 45.0 Å². The van der Waals surface area contributed by atoms with E-state index < -0.39 is 0 Å². The van der Waals surface area contributed by atoms with Crippen LogP contribution in [-0.4, -0.2) is 36.3 Å². The van der Waals surface area contributed by atoms with Crippen molar-refractivity contribution in [3.63, 3.8) is 0 Å². The predicted molar refractivity (Wildman–Crippen MR) is 124 cm³/mol. The van der Waals surface area contributed by atoms with Gasteiger partial charge in [-0.1, -0.05) is 23.7 Å². The van der Waals surface area contributed by atoms with Crippen LogP contribution in [0.15, 0.2) is 30.3 Å². The Hall–Kier alpha value is -3.64. The van der Waals surface area contributed by atoms with Crippen molar-refractivity contribution in [1.29, 1.82) is 5.26 Å². The lowest BCUT2D eigenvalue weighted by molar-refractivity contribution is 0.788. The molecule has 3 aromatic heterocycles. The van der Waals surface area contributed by atoms with E-state index in [0.717, 1.165) is 34.9 Å². The molecule has 164 valence electrons. The summed E-state index contributed by atoms with van der Waals surface area (Å²) in [7, 11) is 0. The summed E-state index contributed by atoms with van der Waals surface area (Å²) in [5.41, 5.74) is 5.03. The number of anilines is 2. The van der Waals surface area contributed by atoms with Gasteiger partial charge in [-0.3, -0.25) is 5.10 Å². The molecule has 4 rings (SSSR count). The van der Waals surface area contributed by atoms with Gasteiger partial charge in [0.25, 0.3) is 5.78 Å². The molecule has 0 amide bonds. The van der Waals surface area contributed by atoms with Gasteiger partial charge < -0.3 is 10.6 Å². The van der Waals surface area contributed by atoms with E-state index in [4.69, 9.17) is 11.6 Å². The monoisotopic (exact) mass is 449 g/mol. The van der Waals surface area contributed by atoms with Crippen LogP contribution in [0.5, 0.6) is 0 Å². The third-order valence-electron chi connectivity index (χ3n) is 5.25. The molecule has 3 heterocycles. The zero-order valence-electron chi connectivity index (χ0n) is 18.1. The molecule has 32 heavy (non-hydrogen) atoms. The van der Waals surface area contributed by atoms with Gasteiger partial charge in [0.1, 0.15) is 5.82 Å². The van der Waals surface area contributed by atoms with E-state index in [9.17, 15) is 5.26 Å². The first kappa shape index (κ1) is 21.6. The Labute approximate surface area is 190 Å². The number of rotatable bonds is 8. The van der Waals surface area contributed by atoms with E-state index in [0.29, 0.717) is 23.3 Å². The molecule has 0 saturated carbocycles. The first-order chi connectivity index (χ1) is 15.4. The third kappa shape index (κ3) is 4.65. The summed E-state index contributed by atoms with van der Waals surface area (Å²) in [6.45, 7) is 6.65. The number of halogens is 1. The largest absolute Gasteiger partial charge is 0.370 e. The van der Waals surface area contributed by atoms with Crippen LogP contribution in [0.25, 0.3) is 5.78 Å². The zero-order valence-corrected chi connectivity index (χ0v) is 18.9. The number of nitrogens with one attached hydrogen (secondary N) is 3. The fraction of sp³-hybridized carbons (Fsp3) is 0.318. The van der Waals surface area contributed by atoms with E-state index in [1.165, 1.54) is 5.56 Å². The molecule has 10 heteroatoms. The highest BCUT2D eigenvalue weighted by Crippen LogP contribution is 2.24. The Balaban J connectivity index is 1.56. The minimum atomic E-state index is -0.291. The summed E-state index contributed by atoms with van der Waals surface area (Å²) < 4.78 is 1.67. The molecule has 0 bridgehead atoms. The molecule has 0 unspecified atom stereocenters. The van der Waals surface area contributed by atoms with Crippen molar-refractivity contribution in [2.24, 2.45) is 0 Å². The highest BCUT2D eigenvalue weighted by atomic mass is 35.5. The number of H-pyrrole nitrogens is 1. The van der Waals surface area contributed by atoms with Gasteiger partial charge in [0.2, 0.25) is 5.95 Å². The lowest BCUT2D eigenvalue weighted by atomic mass is 10.0. The fourth-order valence-electron chi connectivity index (χ4n) is 3.65. The molecule has 0 spiro atoms. The minimum absolute atomic E-state index is 0.247. The molecule has 1 aromatic carbocycles. The maximum Gasteiger partial charge on any atom is 0.256 e. The van der Waals surface area contributed by atoms with E-state index >= 15 is 0 Å². The van der Waals surface area contributed by atoms with Crippen molar-refractivity contribution >= 4 is 29.1 Å². The highest BCUT2D eigenvalue weighted by molar-refractivity contribution is 6.30. The predicted octanol–water partition coefficient (Wildman–Crippen LogP) is 4.15. The maximum absolute atomic E-state index is 9.28. The average Bonchev–Trinajstić information content (AvgIpc) is 3.30. The average molecular weight is 450 g/mol. The maximum atomic E-state index is 9.28. The highest BCUT2D eigenvalue weighted by Gasteiger charge is 2.16. The van der Waals surface area contributed by atoms with Crippen LogP contribution in [0.1, 0.15) is 40.7 Å². The topological polar surface area (TPSA) is 120 Å². The van der Waals surface area contributed by atoms with Gasteiger partial charge in [0.05, 0.1) is 24.2 Å². The number of nitriles is 1. The summed E-state index contributed by atoms with van der Waals surface area (Å²) in [5, 5.41) is 28.4. The van der Waals surface area contributed by atoms with Crippen molar-refractivity contribution in [3.8, 4) is 6.07 Å². The van der Waals surface area contributed by atoms with Gasteiger partial charge in [-0.15, -0.1) is 5.10 Å². The fourth-order valence-corrected chi connectivity index (χ4v) is 3.85. The Kier molecular flexibility index (Phi) is 6.23. The second-order valence-corrected chi connectivity index (χ2v) is 8.07. The quantitative estimate of drug-likeness (QED) is 0.369. The van der Waals surface area contributed by atoms with Crippen molar-refractivity contribution in [2.75, 3.05) is 17.2 Å². The van der Waals surface area contributed by atoms with Crippen molar-refractivity contribution in [2.45, 2.75) is 39.7 Å². The van der Waals surface area contributed by atoms with Crippen LogP contribution in [0, 0.1) is 32.1 Å². The van der Waals surface area contributed by atoms with Gasteiger partial charge >= 0.3 is 0 Å². The Bertz CT molecular complexity index is 1270. The molecule has 0 fully saturated rings. The SMILES string of the molecule is Cc1cc(NCCc2c(C)n[nH]c2C)n2nc(N[C@H](CC#N)c3cccc(Cl)c3)nc2n1. The smallest absolute Gasteiger partial charge is 0.256 e. The van der Waals surface area contributed by atoms with Gasteiger partial charge in [0, 0.05) is 29.0 Å². The Morgan fingerprint density at radius 3 is 2.78 bits per heavy atom. The first-order valence-corrected chi connectivity index (χ1v) is 10.7. The summed E-state index contributed by atoms with van der Waals surface area (Å²) >= 11 is 6.13. The summed E-state index contributed by atoms with van der Waals surface area (Å²) in [5.74, 6) is 1.67. The van der Waals surface area contributed by atoms with Crippen LogP contribution in [0.4, 0.5) is 11.8 Å². The van der Waals surface area contributed by atoms with E-state index in [-0.39, 0.29) is 12.5 Å². The summed E-state index contributed by atoms with van der Waals surface area (Å²) in [6.07, 6.45) is 1.08. The number of hydrogen-bond acceptors (Lipinski definition) is 7. The summed E-state index contributed by atoms with van der Waals surface area (Å²) in [4.78, 5) is 9.01.